The minimum atomic E-state index is -0.360. The zero-order chi connectivity index (χ0) is 26.3. The van der Waals surface area contributed by atoms with Gasteiger partial charge in [-0.1, -0.05) is 146 Å². The van der Waals surface area contributed by atoms with Crippen LogP contribution >= 0.6 is 0 Å². The fraction of sp³-hybridized carbons (Fsp3) is 0.100. The summed E-state index contributed by atoms with van der Waals surface area (Å²) < 4.78 is 0. The molecule has 188 valence electrons. The van der Waals surface area contributed by atoms with Crippen molar-refractivity contribution < 1.29 is 0 Å². The van der Waals surface area contributed by atoms with Gasteiger partial charge in [0.25, 0.3) is 0 Å². The second kappa shape index (κ2) is 7.93. The fourth-order valence-electron chi connectivity index (χ4n) is 8.69. The lowest BCUT2D eigenvalue weighted by molar-refractivity contribution is 0.596. The molecule has 0 radical (unpaired) electrons. The maximum atomic E-state index is 2.44. The van der Waals surface area contributed by atoms with Crippen molar-refractivity contribution in [1.82, 2.24) is 0 Å². The Balaban J connectivity index is 1.53. The number of fused-ring (bicyclic) bond motifs is 14. The molecule has 1 atom stereocenters. The largest absolute Gasteiger partial charge is 0.0804 e. The molecular formula is C40H28. The van der Waals surface area contributed by atoms with E-state index in [2.05, 4.69) is 146 Å². The Morgan fingerprint density at radius 2 is 0.875 bits per heavy atom. The van der Waals surface area contributed by atoms with Crippen LogP contribution in [0.3, 0.4) is 0 Å². The number of hydrogen-bond acceptors (Lipinski definition) is 0. The lowest BCUT2D eigenvalue weighted by Gasteiger charge is -2.50. The van der Waals surface area contributed by atoms with Gasteiger partial charge in [0.2, 0.25) is 0 Å². The molecule has 9 rings (SSSR count). The predicted octanol–water partition coefficient (Wildman–Crippen LogP) is 9.40. The van der Waals surface area contributed by atoms with Crippen LogP contribution in [-0.4, -0.2) is 0 Å². The van der Waals surface area contributed by atoms with Gasteiger partial charge in [-0.15, -0.1) is 0 Å². The third-order valence-corrected chi connectivity index (χ3v) is 9.93. The van der Waals surface area contributed by atoms with E-state index in [0.29, 0.717) is 0 Å². The molecule has 0 heterocycles. The number of rotatable bonds is 0. The van der Waals surface area contributed by atoms with Crippen molar-refractivity contribution in [2.24, 2.45) is 0 Å². The van der Waals surface area contributed by atoms with Crippen LogP contribution in [0.5, 0.6) is 0 Å². The lowest BCUT2D eigenvalue weighted by Crippen LogP contribution is -2.44. The van der Waals surface area contributed by atoms with Gasteiger partial charge in [0.05, 0.1) is 10.8 Å². The summed E-state index contributed by atoms with van der Waals surface area (Å²) >= 11 is 0. The molecule has 4 aromatic carbocycles. The first-order valence-electron chi connectivity index (χ1n) is 14.4. The normalized spacial score (nSPS) is 22.0. The first-order chi connectivity index (χ1) is 19.9. The van der Waals surface area contributed by atoms with Gasteiger partial charge in [-0.05, 0) is 79.6 Å². The van der Waals surface area contributed by atoms with Gasteiger partial charge in [-0.25, -0.2) is 0 Å². The van der Waals surface area contributed by atoms with Crippen molar-refractivity contribution in [2.75, 3.05) is 0 Å². The monoisotopic (exact) mass is 508 g/mol. The molecule has 0 nitrogen and oxygen atoms in total. The van der Waals surface area contributed by atoms with E-state index in [-0.39, 0.29) is 10.8 Å². The molecule has 0 fully saturated rings. The SMILES string of the molecule is C1=CCC2=C(C=C1)c1ccccc1C21C2=C(C=CC=CC2)C2(c3ccccc3-c3ccccc32)c2ccccc21. The van der Waals surface area contributed by atoms with Gasteiger partial charge in [0, 0.05) is 0 Å². The predicted molar refractivity (Wildman–Crippen MR) is 165 cm³/mol. The molecule has 5 aliphatic rings. The van der Waals surface area contributed by atoms with E-state index in [4.69, 9.17) is 0 Å². The summed E-state index contributed by atoms with van der Waals surface area (Å²) in [5, 5.41) is 0. The van der Waals surface area contributed by atoms with Crippen LogP contribution in [0, 0.1) is 0 Å². The maximum Gasteiger partial charge on any atom is 0.0717 e. The molecule has 0 saturated carbocycles. The summed E-state index contributed by atoms with van der Waals surface area (Å²) in [4.78, 5) is 0. The third kappa shape index (κ3) is 2.44. The van der Waals surface area contributed by atoms with Crippen LogP contribution in [0.2, 0.25) is 0 Å². The van der Waals surface area contributed by atoms with E-state index in [1.165, 1.54) is 66.8 Å². The van der Waals surface area contributed by atoms with E-state index >= 15 is 0 Å². The second-order valence-corrected chi connectivity index (χ2v) is 11.4. The van der Waals surface area contributed by atoms with E-state index in [1.807, 2.05) is 0 Å². The molecule has 40 heavy (non-hydrogen) atoms. The van der Waals surface area contributed by atoms with Crippen molar-refractivity contribution in [2.45, 2.75) is 23.7 Å². The zero-order valence-corrected chi connectivity index (χ0v) is 22.3. The van der Waals surface area contributed by atoms with Gasteiger partial charge in [0.15, 0.2) is 0 Å². The minimum absolute atomic E-state index is 0.312. The van der Waals surface area contributed by atoms with Gasteiger partial charge >= 0.3 is 0 Å². The Kier molecular flexibility index (Phi) is 4.39. The summed E-state index contributed by atoms with van der Waals surface area (Å²) in [5.74, 6) is 0. The van der Waals surface area contributed by atoms with Gasteiger partial charge in [-0.2, -0.15) is 0 Å². The summed E-state index contributed by atoms with van der Waals surface area (Å²) in [6, 6.07) is 36.8. The molecule has 1 unspecified atom stereocenters. The highest BCUT2D eigenvalue weighted by Crippen LogP contribution is 2.68. The first kappa shape index (κ1) is 22.2. The van der Waals surface area contributed by atoms with E-state index in [1.54, 1.807) is 0 Å². The molecule has 5 aliphatic carbocycles. The van der Waals surface area contributed by atoms with Crippen LogP contribution in [0.4, 0.5) is 0 Å². The molecule has 0 bridgehead atoms. The molecule has 0 amide bonds. The van der Waals surface area contributed by atoms with Crippen molar-refractivity contribution in [3.8, 4) is 11.1 Å². The number of allylic oxidation sites excluding steroid dienone is 12. The van der Waals surface area contributed by atoms with Crippen LogP contribution in [0.1, 0.15) is 46.2 Å². The van der Waals surface area contributed by atoms with E-state index < -0.39 is 0 Å². The average Bonchev–Trinajstić information content (AvgIpc) is 3.20. The highest BCUT2D eigenvalue weighted by atomic mass is 14.6. The molecule has 0 aromatic heterocycles. The zero-order valence-electron chi connectivity index (χ0n) is 22.3. The lowest BCUT2D eigenvalue weighted by atomic mass is 9.51. The smallest absolute Gasteiger partial charge is 0.0717 e. The van der Waals surface area contributed by atoms with Crippen LogP contribution < -0.4 is 0 Å². The minimum Gasteiger partial charge on any atom is -0.0804 e. The highest BCUT2D eigenvalue weighted by Gasteiger charge is 2.59. The Bertz CT molecular complexity index is 1900. The topological polar surface area (TPSA) is 0 Å². The summed E-state index contributed by atoms with van der Waals surface area (Å²) in [5.41, 5.74) is 16.4. The standard InChI is InChI=1S/C40H28/c1-3-15-27-28-16-7-10-20-32(28)39(31(27)19-4-1)35-23-5-2-6-24-36(35)40(38-26-14-13-25-37(38)39)33-21-11-8-17-29(33)30-18-9-12-22-34(30)40/h1-18,20-22,24-26H,19,23H2. The van der Waals surface area contributed by atoms with E-state index in [9.17, 15) is 0 Å². The highest BCUT2D eigenvalue weighted by molar-refractivity contribution is 5.95. The summed E-state index contributed by atoms with van der Waals surface area (Å²) in [7, 11) is 0. The molecule has 4 aromatic rings. The summed E-state index contributed by atoms with van der Waals surface area (Å²) in [6.45, 7) is 0. The Hall–Kier alpha value is -4.68. The van der Waals surface area contributed by atoms with Gasteiger partial charge in [-0.3, -0.25) is 0 Å². The first-order valence-corrected chi connectivity index (χ1v) is 14.4. The second-order valence-electron chi connectivity index (χ2n) is 11.4. The van der Waals surface area contributed by atoms with Gasteiger partial charge < -0.3 is 0 Å². The van der Waals surface area contributed by atoms with Crippen molar-refractivity contribution in [3.05, 3.63) is 196 Å². The molecule has 2 spiro atoms. The number of hydrogen-bond donors (Lipinski definition) is 0. The van der Waals surface area contributed by atoms with E-state index in [0.717, 1.165) is 12.8 Å². The molecule has 0 heteroatoms. The Morgan fingerprint density at radius 1 is 0.400 bits per heavy atom. The Morgan fingerprint density at radius 3 is 1.52 bits per heavy atom. The van der Waals surface area contributed by atoms with Crippen molar-refractivity contribution in [1.29, 1.82) is 0 Å². The van der Waals surface area contributed by atoms with Crippen LogP contribution in [-0.2, 0) is 10.8 Å². The van der Waals surface area contributed by atoms with Crippen LogP contribution in [0.15, 0.2) is 162 Å². The summed E-state index contributed by atoms with van der Waals surface area (Å²) in [6.07, 6.45) is 20.3. The van der Waals surface area contributed by atoms with Crippen molar-refractivity contribution >= 4 is 5.57 Å². The number of benzene rings is 4. The molecule has 0 N–H and O–H groups in total. The quantitative estimate of drug-likeness (QED) is 0.222. The fourth-order valence-corrected chi connectivity index (χ4v) is 8.69. The molecular weight excluding hydrogens is 480 g/mol. The Labute approximate surface area is 235 Å². The van der Waals surface area contributed by atoms with Crippen LogP contribution in [0.25, 0.3) is 16.7 Å². The third-order valence-electron chi connectivity index (χ3n) is 9.93. The average molecular weight is 509 g/mol. The molecule has 0 aliphatic heterocycles. The van der Waals surface area contributed by atoms with Gasteiger partial charge in [0.1, 0.15) is 0 Å². The van der Waals surface area contributed by atoms with Crippen molar-refractivity contribution in [3.63, 3.8) is 0 Å². The molecule has 0 saturated heterocycles. The maximum absolute atomic E-state index is 2.44.